The number of fused-ring (bicyclic) bond motifs is 3. The molecule has 0 radical (unpaired) electrons. The third-order valence-corrected chi connectivity index (χ3v) is 9.40. The molecule has 1 aliphatic rings. The van der Waals surface area contributed by atoms with Gasteiger partial charge in [0.05, 0.1) is 11.4 Å². The molecule has 0 aliphatic carbocycles. The quantitative estimate of drug-likeness (QED) is 0.181. The van der Waals surface area contributed by atoms with E-state index < -0.39 is 0 Å². The van der Waals surface area contributed by atoms with E-state index in [0.717, 1.165) is 61.6 Å². The zero-order valence-electron chi connectivity index (χ0n) is 27.3. The van der Waals surface area contributed by atoms with Crippen molar-refractivity contribution in [2.75, 3.05) is 0 Å². The lowest BCUT2D eigenvalue weighted by Gasteiger charge is -2.23. The van der Waals surface area contributed by atoms with Crippen LogP contribution in [0.3, 0.4) is 0 Å². The van der Waals surface area contributed by atoms with Gasteiger partial charge in [0.25, 0.3) is 0 Å². The van der Waals surface area contributed by atoms with Gasteiger partial charge in [-0.3, -0.25) is 0 Å². The van der Waals surface area contributed by atoms with Crippen LogP contribution < -0.4 is 4.74 Å². The van der Waals surface area contributed by atoms with Gasteiger partial charge in [0, 0.05) is 22.3 Å². The maximum Gasteiger partial charge on any atom is 0.160 e. The minimum atomic E-state index is 0.571. The molecule has 2 heterocycles. The molecule has 9 rings (SSSR count). The van der Waals surface area contributed by atoms with Crippen LogP contribution in [0.2, 0.25) is 0 Å². The van der Waals surface area contributed by atoms with E-state index in [-0.39, 0.29) is 0 Å². The van der Waals surface area contributed by atoms with Gasteiger partial charge >= 0.3 is 0 Å². The van der Waals surface area contributed by atoms with E-state index in [9.17, 15) is 0 Å². The van der Waals surface area contributed by atoms with E-state index in [1.54, 1.807) is 0 Å². The number of benzene rings is 7. The van der Waals surface area contributed by atoms with Crippen LogP contribution >= 0.6 is 0 Å². The van der Waals surface area contributed by atoms with Crippen molar-refractivity contribution in [2.24, 2.45) is 0 Å². The molecule has 0 atom stereocenters. The smallest absolute Gasteiger partial charge is 0.160 e. The lowest BCUT2D eigenvalue weighted by atomic mass is 9.88. The molecule has 0 N–H and O–H groups in total. The molecule has 50 heavy (non-hydrogen) atoms. The highest BCUT2D eigenvalue weighted by atomic mass is 16.5. The van der Waals surface area contributed by atoms with Gasteiger partial charge in [0.2, 0.25) is 0 Å². The number of para-hydroxylation sites is 1. The Bertz CT molecular complexity index is 2370. The Morgan fingerprint density at radius 3 is 1.60 bits per heavy atom. The highest BCUT2D eigenvalue weighted by Gasteiger charge is 2.21. The molecule has 0 saturated heterocycles. The van der Waals surface area contributed by atoms with E-state index in [1.807, 2.05) is 24.3 Å². The molecule has 236 valence electrons. The number of hydrogen-bond donors (Lipinski definition) is 0. The fourth-order valence-electron chi connectivity index (χ4n) is 6.88. The summed E-state index contributed by atoms with van der Waals surface area (Å²) in [5.74, 6) is 1.62. The molecular formula is C47H32N2O. The van der Waals surface area contributed by atoms with Crippen molar-refractivity contribution in [3.63, 3.8) is 0 Å². The third kappa shape index (κ3) is 5.65. The van der Waals surface area contributed by atoms with Crippen LogP contribution in [0.1, 0.15) is 5.56 Å². The molecule has 7 aromatic carbocycles. The second-order valence-corrected chi connectivity index (χ2v) is 12.6. The number of aromatic nitrogens is 2. The highest BCUT2D eigenvalue weighted by Crippen LogP contribution is 2.43. The second kappa shape index (κ2) is 12.8. The van der Waals surface area contributed by atoms with Crippen molar-refractivity contribution in [1.29, 1.82) is 0 Å². The van der Waals surface area contributed by atoms with E-state index >= 15 is 0 Å². The molecule has 0 bridgehead atoms. The van der Waals surface area contributed by atoms with Gasteiger partial charge in [-0.25, -0.2) is 9.97 Å². The van der Waals surface area contributed by atoms with Crippen molar-refractivity contribution in [3.8, 4) is 84.2 Å². The maximum atomic E-state index is 6.06. The molecule has 1 aliphatic heterocycles. The summed E-state index contributed by atoms with van der Waals surface area (Å²) in [6.45, 7) is 0.571. The van der Waals surface area contributed by atoms with Gasteiger partial charge in [-0.2, -0.15) is 0 Å². The zero-order valence-corrected chi connectivity index (χ0v) is 27.3. The second-order valence-electron chi connectivity index (χ2n) is 12.6. The van der Waals surface area contributed by atoms with Crippen molar-refractivity contribution in [2.45, 2.75) is 6.61 Å². The molecule has 1 aromatic heterocycles. The first-order valence-corrected chi connectivity index (χ1v) is 16.9. The van der Waals surface area contributed by atoms with Gasteiger partial charge in [-0.15, -0.1) is 0 Å². The molecule has 0 amide bonds. The van der Waals surface area contributed by atoms with E-state index in [1.165, 1.54) is 22.3 Å². The number of rotatable bonds is 6. The summed E-state index contributed by atoms with van der Waals surface area (Å²) in [5.41, 5.74) is 15.4. The molecule has 3 heteroatoms. The summed E-state index contributed by atoms with van der Waals surface area (Å²) in [6.07, 6.45) is 0. The van der Waals surface area contributed by atoms with Crippen LogP contribution in [-0.4, -0.2) is 9.97 Å². The van der Waals surface area contributed by atoms with Gasteiger partial charge < -0.3 is 4.74 Å². The molecule has 8 aromatic rings. The highest BCUT2D eigenvalue weighted by molar-refractivity contribution is 5.89. The van der Waals surface area contributed by atoms with Gasteiger partial charge in [-0.05, 0) is 68.8 Å². The average molecular weight is 641 g/mol. The number of ether oxygens (including phenoxy) is 1. The molecular weight excluding hydrogens is 609 g/mol. The van der Waals surface area contributed by atoms with Gasteiger partial charge in [0.1, 0.15) is 12.4 Å². The van der Waals surface area contributed by atoms with Crippen LogP contribution in [0.5, 0.6) is 5.75 Å². The topological polar surface area (TPSA) is 35.0 Å². The Morgan fingerprint density at radius 1 is 0.360 bits per heavy atom. The zero-order chi connectivity index (χ0) is 33.3. The standard InChI is InChI=1S/C47H32N2O/c1-3-12-32(13-4-1)36-16-9-18-38(28-36)44-30-43(48-47(49-44)39-19-10-17-37(29-39)33-14-5-2-6-15-33)35-26-24-34(25-27-35)41-22-11-20-40-31-50-45-23-8-7-21-42(45)46(40)41/h1-30H,31H2. The molecule has 3 nitrogen and oxygen atoms in total. The largest absolute Gasteiger partial charge is 0.488 e. The van der Waals surface area contributed by atoms with E-state index in [2.05, 4.69) is 158 Å². The summed E-state index contributed by atoms with van der Waals surface area (Å²) >= 11 is 0. The minimum Gasteiger partial charge on any atom is -0.488 e. The summed E-state index contributed by atoms with van der Waals surface area (Å²) < 4.78 is 6.06. The Balaban J connectivity index is 1.15. The number of nitrogens with zero attached hydrogens (tertiary/aromatic N) is 2. The van der Waals surface area contributed by atoms with Crippen LogP contribution in [0.25, 0.3) is 78.4 Å². The van der Waals surface area contributed by atoms with Crippen molar-refractivity contribution < 1.29 is 4.74 Å². The molecule has 0 spiro atoms. The van der Waals surface area contributed by atoms with Gasteiger partial charge in [-0.1, -0.05) is 158 Å². The van der Waals surface area contributed by atoms with Crippen LogP contribution in [0.15, 0.2) is 182 Å². The van der Waals surface area contributed by atoms with Crippen LogP contribution in [0.4, 0.5) is 0 Å². The summed E-state index contributed by atoms with van der Waals surface area (Å²) in [4.78, 5) is 10.4. The average Bonchev–Trinajstić information content (AvgIpc) is 3.21. The summed E-state index contributed by atoms with van der Waals surface area (Å²) in [7, 11) is 0. The number of hydrogen-bond acceptors (Lipinski definition) is 3. The predicted octanol–water partition coefficient (Wildman–Crippen LogP) is 12.0. The van der Waals surface area contributed by atoms with Gasteiger partial charge in [0.15, 0.2) is 5.82 Å². The Hall–Kier alpha value is -6.58. The Morgan fingerprint density at radius 2 is 0.880 bits per heavy atom. The van der Waals surface area contributed by atoms with Crippen molar-refractivity contribution in [3.05, 3.63) is 188 Å². The first-order valence-electron chi connectivity index (χ1n) is 16.9. The fraction of sp³-hybridized carbons (Fsp3) is 0.0213. The third-order valence-electron chi connectivity index (χ3n) is 9.40. The lowest BCUT2D eigenvalue weighted by Crippen LogP contribution is -2.06. The van der Waals surface area contributed by atoms with Crippen LogP contribution in [0, 0.1) is 0 Å². The molecule has 0 unspecified atom stereocenters. The van der Waals surface area contributed by atoms with Crippen LogP contribution in [-0.2, 0) is 6.61 Å². The monoisotopic (exact) mass is 640 g/mol. The minimum absolute atomic E-state index is 0.571. The Kier molecular flexibility index (Phi) is 7.56. The molecule has 0 saturated carbocycles. The predicted molar refractivity (Wildman–Crippen MR) is 204 cm³/mol. The Labute approximate surface area is 292 Å². The summed E-state index contributed by atoms with van der Waals surface area (Å²) in [5, 5.41) is 0. The first kappa shape index (κ1) is 29.6. The van der Waals surface area contributed by atoms with Crippen molar-refractivity contribution in [1.82, 2.24) is 9.97 Å². The van der Waals surface area contributed by atoms with E-state index in [0.29, 0.717) is 12.4 Å². The fourth-order valence-corrected chi connectivity index (χ4v) is 6.88. The SMILES string of the molecule is c1ccc(-c2cccc(-c3cc(-c4ccc(-c5cccc6c5-c5ccccc5OC6)cc4)nc(-c4cccc(-c5ccccc5)c4)n3)c2)cc1. The normalized spacial score (nSPS) is 11.7. The summed E-state index contributed by atoms with van der Waals surface area (Å²) in [6, 6.07) is 63.7. The maximum absolute atomic E-state index is 6.06. The molecule has 0 fully saturated rings. The van der Waals surface area contributed by atoms with E-state index in [4.69, 9.17) is 14.7 Å². The van der Waals surface area contributed by atoms with Crippen molar-refractivity contribution >= 4 is 0 Å². The first-order chi connectivity index (χ1) is 24.8. The lowest BCUT2D eigenvalue weighted by molar-refractivity contribution is 0.302.